The SMILES string of the molecule is O=C(c1ccc(SCCN2CCCC2)cc1)c1cccc2ccccc12. The molecule has 0 unspecified atom stereocenters. The zero-order valence-corrected chi connectivity index (χ0v) is 15.7. The van der Waals surface area contributed by atoms with Crippen molar-refractivity contribution < 1.29 is 4.79 Å². The van der Waals surface area contributed by atoms with Crippen LogP contribution in [0.15, 0.2) is 71.6 Å². The first-order chi connectivity index (χ1) is 12.8. The van der Waals surface area contributed by atoms with E-state index in [1.807, 2.05) is 66.4 Å². The summed E-state index contributed by atoms with van der Waals surface area (Å²) in [6, 6.07) is 22.1. The van der Waals surface area contributed by atoms with E-state index in [1.54, 1.807) is 0 Å². The van der Waals surface area contributed by atoms with Gasteiger partial charge in [0.1, 0.15) is 0 Å². The largest absolute Gasteiger partial charge is 0.303 e. The van der Waals surface area contributed by atoms with Gasteiger partial charge in [0.15, 0.2) is 5.78 Å². The molecule has 26 heavy (non-hydrogen) atoms. The molecule has 3 heteroatoms. The standard InChI is InChI=1S/C23H23NOS/c25-23(22-9-5-7-18-6-1-2-8-21(18)22)19-10-12-20(13-11-19)26-17-16-24-14-3-4-15-24/h1-2,5-13H,3-4,14-17H2. The van der Waals surface area contributed by atoms with Crippen LogP contribution in [-0.4, -0.2) is 36.1 Å². The Morgan fingerprint density at radius 3 is 2.42 bits per heavy atom. The molecule has 0 N–H and O–H groups in total. The lowest BCUT2D eigenvalue weighted by atomic mass is 9.97. The van der Waals surface area contributed by atoms with E-state index in [2.05, 4.69) is 17.0 Å². The molecule has 0 aliphatic carbocycles. The van der Waals surface area contributed by atoms with Crippen LogP contribution in [0.25, 0.3) is 10.8 Å². The predicted octanol–water partition coefficient (Wildman–Crippen LogP) is 5.26. The summed E-state index contributed by atoms with van der Waals surface area (Å²) in [5.41, 5.74) is 1.53. The van der Waals surface area contributed by atoms with E-state index in [1.165, 1.54) is 30.8 Å². The van der Waals surface area contributed by atoms with Crippen molar-refractivity contribution in [3.8, 4) is 0 Å². The van der Waals surface area contributed by atoms with Gasteiger partial charge in [-0.15, -0.1) is 11.8 Å². The highest BCUT2D eigenvalue weighted by Crippen LogP contribution is 2.24. The van der Waals surface area contributed by atoms with Gasteiger partial charge in [-0.2, -0.15) is 0 Å². The van der Waals surface area contributed by atoms with Crippen LogP contribution < -0.4 is 0 Å². The highest BCUT2D eigenvalue weighted by molar-refractivity contribution is 7.99. The Kier molecular flexibility index (Phi) is 5.37. The van der Waals surface area contributed by atoms with Gasteiger partial charge < -0.3 is 4.90 Å². The van der Waals surface area contributed by atoms with Crippen LogP contribution in [0.5, 0.6) is 0 Å². The average Bonchev–Trinajstić information content (AvgIpc) is 3.21. The Bertz CT molecular complexity index is 892. The zero-order chi connectivity index (χ0) is 17.8. The van der Waals surface area contributed by atoms with Crippen molar-refractivity contribution in [3.05, 3.63) is 77.9 Å². The molecule has 1 aliphatic rings. The van der Waals surface area contributed by atoms with E-state index < -0.39 is 0 Å². The summed E-state index contributed by atoms with van der Waals surface area (Å²) in [4.78, 5) is 16.7. The quantitative estimate of drug-likeness (QED) is 0.441. The number of ketones is 1. The molecule has 2 nitrogen and oxygen atoms in total. The van der Waals surface area contributed by atoms with Crippen LogP contribution >= 0.6 is 11.8 Å². The van der Waals surface area contributed by atoms with Gasteiger partial charge in [-0.3, -0.25) is 4.79 Å². The molecule has 0 spiro atoms. The molecule has 3 aromatic rings. The minimum absolute atomic E-state index is 0.0930. The number of carbonyl (C=O) groups excluding carboxylic acids is 1. The molecule has 1 fully saturated rings. The third kappa shape index (κ3) is 3.84. The molecule has 0 amide bonds. The van der Waals surface area contributed by atoms with Crippen LogP contribution in [0.1, 0.15) is 28.8 Å². The second-order valence-corrected chi connectivity index (χ2v) is 7.95. The van der Waals surface area contributed by atoms with E-state index >= 15 is 0 Å². The fraction of sp³-hybridized carbons (Fsp3) is 0.261. The lowest BCUT2D eigenvalue weighted by Crippen LogP contribution is -2.21. The van der Waals surface area contributed by atoms with Crippen LogP contribution in [0.4, 0.5) is 0 Å². The van der Waals surface area contributed by atoms with Crippen molar-refractivity contribution >= 4 is 28.3 Å². The van der Waals surface area contributed by atoms with Crippen molar-refractivity contribution in [1.29, 1.82) is 0 Å². The lowest BCUT2D eigenvalue weighted by molar-refractivity contribution is 0.104. The molecule has 0 bridgehead atoms. The Morgan fingerprint density at radius 1 is 0.885 bits per heavy atom. The molecule has 3 aromatic carbocycles. The molecule has 132 valence electrons. The average molecular weight is 362 g/mol. The van der Waals surface area contributed by atoms with Gasteiger partial charge in [0.2, 0.25) is 0 Å². The van der Waals surface area contributed by atoms with E-state index in [9.17, 15) is 4.79 Å². The normalized spacial score (nSPS) is 14.8. The smallest absolute Gasteiger partial charge is 0.193 e. The first-order valence-electron chi connectivity index (χ1n) is 9.29. The number of rotatable bonds is 6. The van der Waals surface area contributed by atoms with E-state index in [0.29, 0.717) is 0 Å². The highest BCUT2D eigenvalue weighted by atomic mass is 32.2. The van der Waals surface area contributed by atoms with Crippen LogP contribution in [0.2, 0.25) is 0 Å². The zero-order valence-electron chi connectivity index (χ0n) is 14.9. The maximum absolute atomic E-state index is 12.9. The Hall–Kier alpha value is -2.10. The number of carbonyl (C=O) groups is 1. The van der Waals surface area contributed by atoms with E-state index in [4.69, 9.17) is 0 Å². The van der Waals surface area contributed by atoms with Crippen LogP contribution in [-0.2, 0) is 0 Å². The Balaban J connectivity index is 1.45. The summed E-state index contributed by atoms with van der Waals surface area (Å²) >= 11 is 1.87. The van der Waals surface area contributed by atoms with Gasteiger partial charge >= 0.3 is 0 Å². The molecular formula is C23H23NOS. The fourth-order valence-corrected chi connectivity index (χ4v) is 4.49. The van der Waals surface area contributed by atoms with Crippen molar-refractivity contribution in [2.45, 2.75) is 17.7 Å². The summed E-state index contributed by atoms with van der Waals surface area (Å²) in [5.74, 6) is 1.20. The number of hydrogen-bond donors (Lipinski definition) is 0. The molecule has 1 aliphatic heterocycles. The number of nitrogens with zero attached hydrogens (tertiary/aromatic N) is 1. The van der Waals surface area contributed by atoms with Gasteiger partial charge in [-0.05, 0) is 61.0 Å². The number of thioether (sulfide) groups is 1. The summed E-state index contributed by atoms with van der Waals surface area (Å²) in [5, 5.41) is 2.12. The lowest BCUT2D eigenvalue weighted by Gasteiger charge is -2.13. The van der Waals surface area contributed by atoms with Crippen LogP contribution in [0.3, 0.4) is 0 Å². The number of hydrogen-bond acceptors (Lipinski definition) is 3. The number of likely N-dealkylation sites (tertiary alicyclic amines) is 1. The van der Waals surface area contributed by atoms with Crippen LogP contribution in [0, 0.1) is 0 Å². The number of benzene rings is 3. The molecule has 0 atom stereocenters. The van der Waals surface area contributed by atoms with Gasteiger partial charge in [0.25, 0.3) is 0 Å². The third-order valence-corrected chi connectivity index (χ3v) is 6.02. The molecular weight excluding hydrogens is 338 g/mol. The Labute approximate surface area is 159 Å². The molecule has 1 saturated heterocycles. The first kappa shape index (κ1) is 17.3. The van der Waals surface area contributed by atoms with Gasteiger partial charge in [-0.25, -0.2) is 0 Å². The summed E-state index contributed by atoms with van der Waals surface area (Å²) in [6.07, 6.45) is 2.69. The second kappa shape index (κ2) is 8.07. The van der Waals surface area contributed by atoms with Gasteiger partial charge in [0.05, 0.1) is 0 Å². The predicted molar refractivity (Wildman–Crippen MR) is 110 cm³/mol. The molecule has 1 heterocycles. The maximum Gasteiger partial charge on any atom is 0.193 e. The fourth-order valence-electron chi connectivity index (χ4n) is 3.58. The van der Waals surface area contributed by atoms with E-state index in [0.717, 1.165) is 34.2 Å². The summed E-state index contributed by atoms with van der Waals surface area (Å²) in [6.45, 7) is 3.65. The molecule has 0 radical (unpaired) electrons. The summed E-state index contributed by atoms with van der Waals surface area (Å²) < 4.78 is 0. The van der Waals surface area contributed by atoms with Crippen molar-refractivity contribution in [3.63, 3.8) is 0 Å². The Morgan fingerprint density at radius 2 is 1.62 bits per heavy atom. The van der Waals surface area contributed by atoms with Crippen molar-refractivity contribution in [2.75, 3.05) is 25.4 Å². The third-order valence-electron chi connectivity index (χ3n) is 5.03. The van der Waals surface area contributed by atoms with Gasteiger partial charge in [-0.1, -0.05) is 42.5 Å². The second-order valence-electron chi connectivity index (χ2n) is 6.78. The minimum Gasteiger partial charge on any atom is -0.303 e. The van der Waals surface area contributed by atoms with Crippen molar-refractivity contribution in [1.82, 2.24) is 4.90 Å². The maximum atomic E-state index is 12.9. The highest BCUT2D eigenvalue weighted by Gasteiger charge is 2.13. The first-order valence-corrected chi connectivity index (χ1v) is 10.3. The monoisotopic (exact) mass is 361 g/mol. The molecule has 4 rings (SSSR count). The molecule has 0 aromatic heterocycles. The summed E-state index contributed by atoms with van der Waals surface area (Å²) in [7, 11) is 0. The molecule has 0 saturated carbocycles. The van der Waals surface area contributed by atoms with E-state index in [-0.39, 0.29) is 5.78 Å². The minimum atomic E-state index is 0.0930. The van der Waals surface area contributed by atoms with Crippen molar-refractivity contribution in [2.24, 2.45) is 0 Å². The number of fused-ring (bicyclic) bond motifs is 1. The topological polar surface area (TPSA) is 20.3 Å². The van der Waals surface area contributed by atoms with Gasteiger partial charge in [0, 0.05) is 28.3 Å².